The first-order valence-electron chi connectivity index (χ1n) is 8.53. The van der Waals surface area contributed by atoms with E-state index in [1.807, 2.05) is 0 Å². The highest BCUT2D eigenvalue weighted by atomic mass is 35.5. The minimum atomic E-state index is -1.14. The van der Waals surface area contributed by atoms with Crippen molar-refractivity contribution < 1.29 is 23.9 Å². The van der Waals surface area contributed by atoms with Gasteiger partial charge in [0.05, 0.1) is 11.1 Å². The summed E-state index contributed by atoms with van der Waals surface area (Å²) in [6.45, 7) is 1.12. The van der Waals surface area contributed by atoms with Gasteiger partial charge in [-0.1, -0.05) is 35.9 Å². The fourth-order valence-electron chi connectivity index (χ4n) is 2.78. The third kappa shape index (κ3) is 4.04. The summed E-state index contributed by atoms with van der Waals surface area (Å²) in [6, 6.07) is 12.1. The number of ether oxygens (including phenoxy) is 1. The molecule has 8 heteroatoms. The van der Waals surface area contributed by atoms with Gasteiger partial charge in [-0.3, -0.25) is 19.3 Å². The first-order chi connectivity index (χ1) is 13.4. The number of rotatable bonds is 6. The van der Waals surface area contributed by atoms with Gasteiger partial charge >= 0.3 is 5.97 Å². The fraction of sp³-hybridized carbons (Fsp3) is 0.200. The number of hydrogen-bond donors (Lipinski definition) is 1. The molecule has 2 aromatic rings. The Hall–Kier alpha value is -3.19. The normalized spacial score (nSPS) is 13.9. The lowest BCUT2D eigenvalue weighted by Gasteiger charge is -2.20. The summed E-state index contributed by atoms with van der Waals surface area (Å²) in [7, 11) is 0. The number of esters is 1. The highest BCUT2D eigenvalue weighted by molar-refractivity contribution is 6.30. The van der Waals surface area contributed by atoms with Gasteiger partial charge in [0, 0.05) is 11.6 Å². The molecule has 0 saturated carbocycles. The zero-order valence-electron chi connectivity index (χ0n) is 15.0. The van der Waals surface area contributed by atoms with Gasteiger partial charge in [-0.25, -0.2) is 4.79 Å². The van der Waals surface area contributed by atoms with Gasteiger partial charge in [0.1, 0.15) is 6.04 Å². The monoisotopic (exact) mass is 400 g/mol. The number of nitrogens with zero attached hydrogens (tertiary/aromatic N) is 1. The van der Waals surface area contributed by atoms with Crippen LogP contribution in [0.25, 0.3) is 0 Å². The van der Waals surface area contributed by atoms with Crippen LogP contribution in [0.4, 0.5) is 0 Å². The molecule has 2 aromatic carbocycles. The van der Waals surface area contributed by atoms with Crippen molar-refractivity contribution in [2.45, 2.75) is 19.5 Å². The van der Waals surface area contributed by atoms with Crippen molar-refractivity contribution >= 4 is 35.3 Å². The van der Waals surface area contributed by atoms with Crippen molar-refractivity contribution in [1.29, 1.82) is 0 Å². The smallest absolute Gasteiger partial charge is 0.329 e. The number of nitrogens with one attached hydrogen (secondary N) is 1. The first kappa shape index (κ1) is 19.6. The van der Waals surface area contributed by atoms with Gasteiger partial charge in [0.25, 0.3) is 17.7 Å². The maximum Gasteiger partial charge on any atom is 0.329 e. The summed E-state index contributed by atoms with van der Waals surface area (Å²) in [6.07, 6.45) is 0. The summed E-state index contributed by atoms with van der Waals surface area (Å²) in [5, 5.41) is 3.20. The van der Waals surface area contributed by atoms with E-state index in [9.17, 15) is 19.2 Å². The van der Waals surface area contributed by atoms with Crippen molar-refractivity contribution in [2.75, 3.05) is 6.61 Å². The second-order valence-corrected chi connectivity index (χ2v) is 6.65. The summed E-state index contributed by atoms with van der Waals surface area (Å²) in [5.41, 5.74) is 1.32. The molecule has 1 aliphatic rings. The van der Waals surface area contributed by atoms with Crippen LogP contribution in [0.2, 0.25) is 5.02 Å². The molecule has 0 saturated heterocycles. The average molecular weight is 401 g/mol. The molecule has 0 aliphatic carbocycles. The number of hydrogen-bond acceptors (Lipinski definition) is 5. The van der Waals surface area contributed by atoms with Crippen LogP contribution in [0.5, 0.6) is 0 Å². The van der Waals surface area contributed by atoms with E-state index in [0.717, 1.165) is 10.5 Å². The molecule has 3 rings (SSSR count). The van der Waals surface area contributed by atoms with Crippen LogP contribution in [-0.2, 0) is 20.9 Å². The van der Waals surface area contributed by atoms with Gasteiger partial charge in [-0.15, -0.1) is 0 Å². The predicted octanol–water partition coefficient (Wildman–Crippen LogP) is 2.18. The Balaban J connectivity index is 1.52. The third-order valence-corrected chi connectivity index (χ3v) is 4.55. The molecule has 144 valence electrons. The Morgan fingerprint density at radius 2 is 1.61 bits per heavy atom. The molecule has 3 amide bonds. The molecule has 7 nitrogen and oxygen atoms in total. The van der Waals surface area contributed by atoms with Crippen LogP contribution < -0.4 is 5.32 Å². The zero-order chi connectivity index (χ0) is 20.3. The maximum atomic E-state index is 12.4. The molecular weight excluding hydrogens is 384 g/mol. The van der Waals surface area contributed by atoms with Gasteiger partial charge < -0.3 is 10.1 Å². The molecule has 1 aliphatic heterocycles. The first-order valence-corrected chi connectivity index (χ1v) is 8.91. The lowest BCUT2D eigenvalue weighted by molar-refractivity contribution is -0.151. The number of halogens is 1. The van der Waals surface area contributed by atoms with Crippen molar-refractivity contribution in [2.24, 2.45) is 0 Å². The largest absolute Gasteiger partial charge is 0.454 e. The lowest BCUT2D eigenvalue weighted by atomic mass is 10.1. The van der Waals surface area contributed by atoms with E-state index >= 15 is 0 Å². The minimum Gasteiger partial charge on any atom is -0.454 e. The molecule has 0 fully saturated rings. The second-order valence-electron chi connectivity index (χ2n) is 6.21. The molecule has 1 N–H and O–H groups in total. The van der Waals surface area contributed by atoms with Crippen LogP contribution in [0.1, 0.15) is 33.2 Å². The van der Waals surface area contributed by atoms with Crippen LogP contribution in [0.3, 0.4) is 0 Å². The highest BCUT2D eigenvalue weighted by Crippen LogP contribution is 2.24. The van der Waals surface area contributed by atoms with E-state index in [-0.39, 0.29) is 17.7 Å². The molecule has 0 spiro atoms. The Kier molecular flexibility index (Phi) is 5.75. The van der Waals surface area contributed by atoms with Gasteiger partial charge in [0.15, 0.2) is 6.61 Å². The predicted molar refractivity (Wildman–Crippen MR) is 101 cm³/mol. The molecule has 0 radical (unpaired) electrons. The van der Waals surface area contributed by atoms with Crippen LogP contribution in [0, 0.1) is 0 Å². The summed E-state index contributed by atoms with van der Waals surface area (Å²) in [5.74, 6) is -2.46. The van der Waals surface area contributed by atoms with Gasteiger partial charge in [-0.2, -0.15) is 0 Å². The van der Waals surface area contributed by atoms with E-state index < -0.39 is 36.3 Å². The van der Waals surface area contributed by atoms with Crippen LogP contribution in [0.15, 0.2) is 48.5 Å². The van der Waals surface area contributed by atoms with Gasteiger partial charge in [0.2, 0.25) is 0 Å². The van der Waals surface area contributed by atoms with E-state index in [1.165, 1.54) is 19.1 Å². The van der Waals surface area contributed by atoms with Crippen molar-refractivity contribution in [3.63, 3.8) is 0 Å². The molecule has 28 heavy (non-hydrogen) atoms. The van der Waals surface area contributed by atoms with Gasteiger partial charge in [-0.05, 0) is 36.8 Å². The van der Waals surface area contributed by atoms with Crippen LogP contribution >= 0.6 is 11.6 Å². The van der Waals surface area contributed by atoms with E-state index in [0.29, 0.717) is 5.02 Å². The van der Waals surface area contributed by atoms with E-state index in [4.69, 9.17) is 16.3 Å². The SMILES string of the molecule is CC(C(=O)OCC(=O)NCc1ccc(Cl)cc1)N1C(=O)c2ccccc2C1=O. The molecule has 1 atom stereocenters. The average Bonchev–Trinajstić information content (AvgIpc) is 2.96. The second kappa shape index (κ2) is 8.22. The van der Waals surface area contributed by atoms with E-state index in [1.54, 1.807) is 36.4 Å². The molecule has 0 aromatic heterocycles. The summed E-state index contributed by atoms with van der Waals surface area (Å²) >= 11 is 5.80. The maximum absolute atomic E-state index is 12.4. The lowest BCUT2D eigenvalue weighted by Crippen LogP contribution is -2.44. The Bertz CT molecular complexity index is 907. The van der Waals surface area contributed by atoms with Crippen LogP contribution in [-0.4, -0.2) is 41.2 Å². The number of carbonyl (C=O) groups is 4. The fourth-order valence-corrected chi connectivity index (χ4v) is 2.90. The third-order valence-electron chi connectivity index (χ3n) is 4.30. The summed E-state index contributed by atoms with van der Waals surface area (Å²) < 4.78 is 4.96. The van der Waals surface area contributed by atoms with Crippen molar-refractivity contribution in [3.8, 4) is 0 Å². The number of amides is 3. The van der Waals surface area contributed by atoms with E-state index in [2.05, 4.69) is 5.32 Å². The highest BCUT2D eigenvalue weighted by Gasteiger charge is 2.41. The Labute approximate surface area is 166 Å². The minimum absolute atomic E-state index is 0.243. The molecule has 0 bridgehead atoms. The Morgan fingerprint density at radius 3 is 2.18 bits per heavy atom. The summed E-state index contributed by atoms with van der Waals surface area (Å²) in [4.78, 5) is 49.7. The quantitative estimate of drug-likeness (QED) is 0.592. The van der Waals surface area contributed by atoms with Crippen molar-refractivity contribution in [1.82, 2.24) is 10.2 Å². The number of fused-ring (bicyclic) bond motifs is 1. The number of carbonyl (C=O) groups excluding carboxylic acids is 4. The van der Waals surface area contributed by atoms with Crippen molar-refractivity contribution in [3.05, 3.63) is 70.2 Å². The molecule has 1 heterocycles. The molecule has 1 unspecified atom stereocenters. The Morgan fingerprint density at radius 1 is 1.04 bits per heavy atom. The topological polar surface area (TPSA) is 92.8 Å². The zero-order valence-corrected chi connectivity index (χ0v) is 15.7. The standard InChI is InChI=1S/C20H17ClN2O5/c1-12(23-18(25)15-4-2-3-5-16(15)19(23)26)20(27)28-11-17(24)22-10-13-6-8-14(21)9-7-13/h2-9,12H,10-11H2,1H3,(H,22,24). The number of imide groups is 1. The number of benzene rings is 2. The molecular formula is C20H17ClN2O5.